The van der Waals surface area contributed by atoms with Crippen LogP contribution in [0.4, 0.5) is 17.3 Å². The standard InChI is InChI=1S/C11H19N5O2/c1-3-4-5-6-7-13-11-9(16(17)18)10(12-2)14-8-15-11/h8H,3-7H2,1-2H3,(H2,12,13,14,15). The molecule has 2 N–H and O–H groups in total. The fourth-order valence-corrected chi connectivity index (χ4v) is 1.62. The molecule has 100 valence electrons. The summed E-state index contributed by atoms with van der Waals surface area (Å²) in [6.07, 6.45) is 5.74. The fraction of sp³-hybridized carbons (Fsp3) is 0.636. The lowest BCUT2D eigenvalue weighted by Gasteiger charge is -2.07. The van der Waals surface area contributed by atoms with E-state index < -0.39 is 4.92 Å². The van der Waals surface area contributed by atoms with E-state index in [1.54, 1.807) is 7.05 Å². The molecular weight excluding hydrogens is 234 g/mol. The van der Waals surface area contributed by atoms with E-state index in [1.165, 1.54) is 12.7 Å². The molecule has 0 aliphatic carbocycles. The van der Waals surface area contributed by atoms with E-state index in [9.17, 15) is 10.1 Å². The highest BCUT2D eigenvalue weighted by molar-refractivity contribution is 5.68. The molecule has 0 bridgehead atoms. The minimum atomic E-state index is -0.472. The molecule has 0 radical (unpaired) electrons. The van der Waals surface area contributed by atoms with Crippen LogP contribution in [-0.2, 0) is 0 Å². The smallest absolute Gasteiger partial charge is 0.353 e. The van der Waals surface area contributed by atoms with Crippen molar-refractivity contribution in [3.05, 3.63) is 16.4 Å². The maximum atomic E-state index is 11.0. The van der Waals surface area contributed by atoms with Crippen molar-refractivity contribution >= 4 is 17.3 Å². The molecular formula is C11H19N5O2. The first kappa shape index (κ1) is 14.1. The predicted molar refractivity (Wildman–Crippen MR) is 70.9 cm³/mol. The third-order valence-corrected chi connectivity index (χ3v) is 2.56. The number of nitro groups is 1. The molecule has 18 heavy (non-hydrogen) atoms. The molecule has 0 aromatic carbocycles. The number of aromatic nitrogens is 2. The highest BCUT2D eigenvalue weighted by atomic mass is 16.6. The Morgan fingerprint density at radius 3 is 2.61 bits per heavy atom. The zero-order valence-corrected chi connectivity index (χ0v) is 10.8. The van der Waals surface area contributed by atoms with E-state index in [0.29, 0.717) is 6.54 Å². The molecule has 0 fully saturated rings. The number of rotatable bonds is 8. The molecule has 0 unspecified atom stereocenters. The predicted octanol–water partition coefficient (Wildman–Crippen LogP) is 2.42. The zero-order chi connectivity index (χ0) is 13.4. The normalized spacial score (nSPS) is 10.1. The van der Waals surface area contributed by atoms with E-state index in [1.807, 2.05) is 0 Å². The molecule has 0 spiro atoms. The Balaban J connectivity index is 2.67. The van der Waals surface area contributed by atoms with Crippen molar-refractivity contribution in [2.24, 2.45) is 0 Å². The number of nitrogens with zero attached hydrogens (tertiary/aromatic N) is 3. The van der Waals surface area contributed by atoms with E-state index >= 15 is 0 Å². The zero-order valence-electron chi connectivity index (χ0n) is 10.8. The van der Waals surface area contributed by atoms with Crippen LogP contribution in [0.25, 0.3) is 0 Å². The summed E-state index contributed by atoms with van der Waals surface area (Å²) in [4.78, 5) is 18.3. The number of unbranched alkanes of at least 4 members (excludes halogenated alkanes) is 3. The van der Waals surface area contributed by atoms with Crippen LogP contribution in [0.1, 0.15) is 32.6 Å². The van der Waals surface area contributed by atoms with Crippen molar-refractivity contribution in [2.45, 2.75) is 32.6 Å². The molecule has 7 nitrogen and oxygen atoms in total. The topological polar surface area (TPSA) is 93.0 Å². The van der Waals surface area contributed by atoms with Crippen LogP contribution in [0.15, 0.2) is 6.33 Å². The van der Waals surface area contributed by atoms with Crippen LogP contribution in [0.5, 0.6) is 0 Å². The first-order chi connectivity index (χ1) is 8.70. The van der Waals surface area contributed by atoms with Crippen molar-refractivity contribution in [2.75, 3.05) is 24.2 Å². The lowest BCUT2D eigenvalue weighted by Crippen LogP contribution is -2.09. The molecule has 1 aromatic heterocycles. The van der Waals surface area contributed by atoms with Gasteiger partial charge in [-0.25, -0.2) is 9.97 Å². The van der Waals surface area contributed by atoms with Crippen molar-refractivity contribution in [1.82, 2.24) is 9.97 Å². The number of nitrogens with one attached hydrogen (secondary N) is 2. The summed E-state index contributed by atoms with van der Waals surface area (Å²) in [6, 6.07) is 0. The summed E-state index contributed by atoms with van der Waals surface area (Å²) in [5.41, 5.74) is -0.101. The van der Waals surface area contributed by atoms with Crippen LogP contribution in [-0.4, -0.2) is 28.5 Å². The van der Waals surface area contributed by atoms with Gasteiger partial charge in [0.1, 0.15) is 6.33 Å². The maximum Gasteiger partial charge on any atom is 0.353 e. The minimum Gasteiger partial charge on any atom is -0.367 e. The first-order valence-corrected chi connectivity index (χ1v) is 6.11. The summed E-state index contributed by atoms with van der Waals surface area (Å²) < 4.78 is 0. The Morgan fingerprint density at radius 1 is 1.28 bits per heavy atom. The molecule has 0 amide bonds. The minimum absolute atomic E-state index is 0.101. The molecule has 0 aliphatic heterocycles. The maximum absolute atomic E-state index is 11.0. The molecule has 1 heterocycles. The number of hydrogen-bond acceptors (Lipinski definition) is 6. The summed E-state index contributed by atoms with van der Waals surface area (Å²) in [6.45, 7) is 2.82. The molecule has 0 saturated carbocycles. The summed E-state index contributed by atoms with van der Waals surface area (Å²) in [5.74, 6) is 0.502. The van der Waals surface area contributed by atoms with Gasteiger partial charge in [-0.2, -0.15) is 0 Å². The van der Waals surface area contributed by atoms with Gasteiger partial charge in [0.15, 0.2) is 0 Å². The van der Waals surface area contributed by atoms with Gasteiger partial charge >= 0.3 is 5.69 Å². The second kappa shape index (κ2) is 7.41. The number of hydrogen-bond donors (Lipinski definition) is 2. The van der Waals surface area contributed by atoms with Crippen molar-refractivity contribution in [1.29, 1.82) is 0 Å². The quantitative estimate of drug-likeness (QED) is 0.420. The van der Waals surface area contributed by atoms with Gasteiger partial charge in [0.2, 0.25) is 11.6 Å². The van der Waals surface area contributed by atoms with Crippen LogP contribution in [0.3, 0.4) is 0 Å². The van der Waals surface area contributed by atoms with Crippen molar-refractivity contribution in [3.8, 4) is 0 Å². The summed E-state index contributed by atoms with van der Waals surface area (Å²) >= 11 is 0. The Morgan fingerprint density at radius 2 is 2.00 bits per heavy atom. The summed E-state index contributed by atoms with van der Waals surface area (Å²) in [5, 5.41) is 16.7. The largest absolute Gasteiger partial charge is 0.367 e. The van der Waals surface area contributed by atoms with Gasteiger partial charge < -0.3 is 10.6 Å². The van der Waals surface area contributed by atoms with E-state index in [0.717, 1.165) is 19.3 Å². The van der Waals surface area contributed by atoms with Gasteiger partial charge in [-0.3, -0.25) is 10.1 Å². The average molecular weight is 253 g/mol. The van der Waals surface area contributed by atoms with Crippen LogP contribution in [0, 0.1) is 10.1 Å². The van der Waals surface area contributed by atoms with E-state index in [2.05, 4.69) is 27.5 Å². The molecule has 0 aliphatic rings. The van der Waals surface area contributed by atoms with Crippen LogP contribution in [0.2, 0.25) is 0 Å². The molecule has 0 atom stereocenters. The first-order valence-electron chi connectivity index (χ1n) is 6.11. The molecule has 1 rings (SSSR count). The van der Waals surface area contributed by atoms with Crippen LogP contribution < -0.4 is 10.6 Å². The Kier molecular flexibility index (Phi) is 5.83. The lowest BCUT2D eigenvalue weighted by molar-refractivity contribution is -0.383. The Bertz CT molecular complexity index is 397. The van der Waals surface area contributed by atoms with Gasteiger partial charge in [-0.05, 0) is 6.42 Å². The molecule has 0 saturated heterocycles. The lowest BCUT2D eigenvalue weighted by atomic mass is 10.2. The fourth-order valence-electron chi connectivity index (χ4n) is 1.62. The van der Waals surface area contributed by atoms with Gasteiger partial charge in [0, 0.05) is 13.6 Å². The Hall–Kier alpha value is -1.92. The second-order valence-electron chi connectivity index (χ2n) is 3.91. The van der Waals surface area contributed by atoms with Gasteiger partial charge in [-0.1, -0.05) is 26.2 Å². The van der Waals surface area contributed by atoms with Crippen molar-refractivity contribution in [3.63, 3.8) is 0 Å². The third kappa shape index (κ3) is 3.83. The highest BCUT2D eigenvalue weighted by Gasteiger charge is 2.21. The average Bonchev–Trinajstić information content (AvgIpc) is 2.37. The van der Waals surface area contributed by atoms with Crippen molar-refractivity contribution < 1.29 is 4.92 Å². The summed E-state index contributed by atoms with van der Waals surface area (Å²) in [7, 11) is 1.60. The molecule has 1 aromatic rings. The SMILES string of the molecule is CCCCCCNc1ncnc(NC)c1[N+](=O)[O-]. The van der Waals surface area contributed by atoms with Gasteiger partial charge in [0.25, 0.3) is 0 Å². The highest BCUT2D eigenvalue weighted by Crippen LogP contribution is 2.28. The number of anilines is 2. The van der Waals surface area contributed by atoms with Gasteiger partial charge in [-0.15, -0.1) is 0 Å². The second-order valence-corrected chi connectivity index (χ2v) is 3.91. The van der Waals surface area contributed by atoms with E-state index in [4.69, 9.17) is 0 Å². The van der Waals surface area contributed by atoms with Crippen LogP contribution >= 0.6 is 0 Å². The molecule has 7 heteroatoms. The van der Waals surface area contributed by atoms with E-state index in [-0.39, 0.29) is 17.3 Å². The van der Waals surface area contributed by atoms with Gasteiger partial charge in [0.05, 0.1) is 4.92 Å². The third-order valence-electron chi connectivity index (χ3n) is 2.56. The monoisotopic (exact) mass is 253 g/mol. The Labute approximate surface area is 106 Å².